The van der Waals surface area contributed by atoms with Gasteiger partial charge in [0.05, 0.1) is 6.61 Å². The Kier molecular flexibility index (Phi) is 3.19. The Balaban J connectivity index is 1.61. The Bertz CT molecular complexity index is 159. The highest BCUT2D eigenvalue weighted by atomic mass is 16.5. The van der Waals surface area contributed by atoms with Gasteiger partial charge in [-0.05, 0) is 25.8 Å². The van der Waals surface area contributed by atoms with E-state index >= 15 is 0 Å². The van der Waals surface area contributed by atoms with E-state index in [9.17, 15) is 0 Å². The number of rotatable bonds is 5. The molecule has 0 radical (unpaired) electrons. The maximum absolute atomic E-state index is 5.07. The molecule has 3 nitrogen and oxygen atoms in total. The molecule has 1 atom stereocenters. The molecule has 1 saturated heterocycles. The van der Waals surface area contributed by atoms with Gasteiger partial charge in [0.2, 0.25) is 0 Å². The zero-order valence-electron chi connectivity index (χ0n) is 8.46. The molecule has 0 aromatic carbocycles. The maximum atomic E-state index is 5.07. The van der Waals surface area contributed by atoms with Crippen LogP contribution in [-0.4, -0.2) is 50.3 Å². The molecule has 0 bridgehead atoms. The molecule has 0 aromatic rings. The van der Waals surface area contributed by atoms with Gasteiger partial charge in [-0.1, -0.05) is 0 Å². The average molecular weight is 184 g/mol. The minimum atomic E-state index is 0.754. The Morgan fingerprint density at radius 1 is 1.31 bits per heavy atom. The van der Waals surface area contributed by atoms with E-state index in [4.69, 9.17) is 4.74 Å². The van der Waals surface area contributed by atoms with Crippen LogP contribution in [0.3, 0.4) is 0 Å². The molecule has 2 fully saturated rings. The number of nitrogens with one attached hydrogen (secondary N) is 1. The number of ether oxygens (including phenoxy) is 1. The molecule has 2 aliphatic rings. The van der Waals surface area contributed by atoms with Crippen LogP contribution in [0.15, 0.2) is 0 Å². The van der Waals surface area contributed by atoms with Gasteiger partial charge in [0.1, 0.15) is 0 Å². The summed E-state index contributed by atoms with van der Waals surface area (Å²) in [5.41, 5.74) is 0. The molecule has 1 aliphatic heterocycles. The van der Waals surface area contributed by atoms with Gasteiger partial charge in [-0.25, -0.2) is 0 Å². The lowest BCUT2D eigenvalue weighted by molar-refractivity contribution is 0.159. The summed E-state index contributed by atoms with van der Waals surface area (Å²) in [5.74, 6) is 0. The first-order valence-electron chi connectivity index (χ1n) is 5.36. The molecule has 1 unspecified atom stereocenters. The third kappa shape index (κ3) is 2.93. The highest BCUT2D eigenvalue weighted by Crippen LogP contribution is 2.21. The Hall–Kier alpha value is -0.120. The third-order valence-corrected chi connectivity index (χ3v) is 2.93. The molecule has 13 heavy (non-hydrogen) atoms. The number of nitrogens with zero attached hydrogens (tertiary/aromatic N) is 1. The Morgan fingerprint density at radius 3 is 2.85 bits per heavy atom. The Morgan fingerprint density at radius 2 is 2.15 bits per heavy atom. The van der Waals surface area contributed by atoms with Gasteiger partial charge in [-0.2, -0.15) is 0 Å². The standard InChI is InChI=1S/C10H20N2O/c1-13-7-6-12-5-4-10(8-12)11-9-2-3-9/h9-11H,2-8H2,1H3. The van der Waals surface area contributed by atoms with Gasteiger partial charge in [-0.15, -0.1) is 0 Å². The summed E-state index contributed by atoms with van der Waals surface area (Å²) < 4.78 is 5.07. The van der Waals surface area contributed by atoms with E-state index in [1.165, 1.54) is 32.4 Å². The van der Waals surface area contributed by atoms with Gasteiger partial charge in [0.15, 0.2) is 0 Å². The molecule has 1 N–H and O–H groups in total. The van der Waals surface area contributed by atoms with E-state index in [0.717, 1.165) is 25.2 Å². The van der Waals surface area contributed by atoms with E-state index in [0.29, 0.717) is 0 Å². The zero-order chi connectivity index (χ0) is 9.10. The second-order valence-corrected chi connectivity index (χ2v) is 4.22. The third-order valence-electron chi connectivity index (χ3n) is 2.93. The fourth-order valence-electron chi connectivity index (χ4n) is 1.98. The van der Waals surface area contributed by atoms with Crippen molar-refractivity contribution >= 4 is 0 Å². The minimum Gasteiger partial charge on any atom is -0.383 e. The van der Waals surface area contributed by atoms with E-state index in [1.807, 2.05) is 0 Å². The summed E-state index contributed by atoms with van der Waals surface area (Å²) in [6, 6.07) is 1.61. The summed E-state index contributed by atoms with van der Waals surface area (Å²) in [7, 11) is 1.77. The van der Waals surface area contributed by atoms with Crippen LogP contribution in [0.4, 0.5) is 0 Å². The summed E-state index contributed by atoms with van der Waals surface area (Å²) >= 11 is 0. The van der Waals surface area contributed by atoms with Crippen LogP contribution in [0.25, 0.3) is 0 Å². The molecule has 2 rings (SSSR count). The van der Waals surface area contributed by atoms with Crippen LogP contribution < -0.4 is 5.32 Å². The van der Waals surface area contributed by atoms with Crippen molar-refractivity contribution in [3.05, 3.63) is 0 Å². The SMILES string of the molecule is COCCN1CCC(NC2CC2)C1. The van der Waals surface area contributed by atoms with Crippen molar-refractivity contribution in [2.75, 3.05) is 33.4 Å². The van der Waals surface area contributed by atoms with Crippen molar-refractivity contribution < 1.29 is 4.74 Å². The van der Waals surface area contributed by atoms with E-state index in [2.05, 4.69) is 10.2 Å². The van der Waals surface area contributed by atoms with Gasteiger partial charge < -0.3 is 10.1 Å². The highest BCUT2D eigenvalue weighted by molar-refractivity contribution is 4.89. The van der Waals surface area contributed by atoms with Crippen molar-refractivity contribution in [1.29, 1.82) is 0 Å². The molecule has 1 saturated carbocycles. The van der Waals surface area contributed by atoms with Crippen molar-refractivity contribution in [2.24, 2.45) is 0 Å². The van der Waals surface area contributed by atoms with Crippen LogP contribution in [0.2, 0.25) is 0 Å². The molecule has 0 aromatic heterocycles. The second-order valence-electron chi connectivity index (χ2n) is 4.22. The predicted octanol–water partition coefficient (Wildman–Crippen LogP) is 0.459. The number of hydrogen-bond acceptors (Lipinski definition) is 3. The highest BCUT2D eigenvalue weighted by Gasteiger charge is 2.28. The van der Waals surface area contributed by atoms with Crippen molar-refractivity contribution in [1.82, 2.24) is 10.2 Å². The second kappa shape index (κ2) is 4.40. The number of hydrogen-bond donors (Lipinski definition) is 1. The van der Waals surface area contributed by atoms with Gasteiger partial charge in [0, 0.05) is 32.3 Å². The van der Waals surface area contributed by atoms with E-state index in [-0.39, 0.29) is 0 Å². The van der Waals surface area contributed by atoms with Crippen LogP contribution in [0.5, 0.6) is 0 Å². The topological polar surface area (TPSA) is 24.5 Å². The Labute approximate surface area is 80.4 Å². The van der Waals surface area contributed by atoms with E-state index < -0.39 is 0 Å². The molecular weight excluding hydrogens is 164 g/mol. The minimum absolute atomic E-state index is 0.754. The van der Waals surface area contributed by atoms with Gasteiger partial charge in [0.25, 0.3) is 0 Å². The average Bonchev–Trinajstić information content (AvgIpc) is 2.81. The molecular formula is C10H20N2O. The summed E-state index contributed by atoms with van der Waals surface area (Å²) in [4.78, 5) is 2.49. The molecule has 0 amide bonds. The van der Waals surface area contributed by atoms with Crippen LogP contribution in [0.1, 0.15) is 19.3 Å². The van der Waals surface area contributed by atoms with Gasteiger partial charge >= 0.3 is 0 Å². The molecule has 1 aliphatic carbocycles. The zero-order valence-corrected chi connectivity index (χ0v) is 8.46. The van der Waals surface area contributed by atoms with Crippen LogP contribution in [-0.2, 0) is 4.74 Å². The van der Waals surface area contributed by atoms with Crippen LogP contribution in [0, 0.1) is 0 Å². The molecule has 1 heterocycles. The predicted molar refractivity (Wildman–Crippen MR) is 52.9 cm³/mol. The molecule has 0 spiro atoms. The lowest BCUT2D eigenvalue weighted by Crippen LogP contribution is -2.34. The number of likely N-dealkylation sites (tertiary alicyclic amines) is 1. The summed E-state index contributed by atoms with van der Waals surface area (Å²) in [6.07, 6.45) is 4.11. The molecule has 76 valence electrons. The number of methoxy groups -OCH3 is 1. The first kappa shape index (κ1) is 9.44. The fourth-order valence-corrected chi connectivity index (χ4v) is 1.98. The molecule has 3 heteroatoms. The van der Waals surface area contributed by atoms with Crippen LogP contribution >= 0.6 is 0 Å². The van der Waals surface area contributed by atoms with Crippen molar-refractivity contribution in [3.8, 4) is 0 Å². The quantitative estimate of drug-likeness (QED) is 0.672. The smallest absolute Gasteiger partial charge is 0.0589 e. The summed E-state index contributed by atoms with van der Waals surface area (Å²) in [5, 5.41) is 3.68. The largest absolute Gasteiger partial charge is 0.383 e. The first-order valence-corrected chi connectivity index (χ1v) is 5.36. The maximum Gasteiger partial charge on any atom is 0.0589 e. The lowest BCUT2D eigenvalue weighted by Gasteiger charge is -2.15. The van der Waals surface area contributed by atoms with Crippen molar-refractivity contribution in [2.45, 2.75) is 31.3 Å². The fraction of sp³-hybridized carbons (Fsp3) is 1.00. The summed E-state index contributed by atoms with van der Waals surface area (Å²) in [6.45, 7) is 4.43. The van der Waals surface area contributed by atoms with Gasteiger partial charge in [-0.3, -0.25) is 4.90 Å². The normalized spacial score (nSPS) is 29.8. The van der Waals surface area contributed by atoms with Crippen molar-refractivity contribution in [3.63, 3.8) is 0 Å². The monoisotopic (exact) mass is 184 g/mol. The lowest BCUT2D eigenvalue weighted by atomic mass is 10.2. The van der Waals surface area contributed by atoms with E-state index in [1.54, 1.807) is 7.11 Å². The first-order chi connectivity index (χ1) is 6.38.